The van der Waals surface area contributed by atoms with Gasteiger partial charge in [-0.05, 0) is 24.0 Å². The number of allylic oxidation sites excluding steroid dienone is 1. The lowest BCUT2D eigenvalue weighted by atomic mass is 9.72. The lowest BCUT2D eigenvalue weighted by molar-refractivity contribution is -0.127. The molecule has 5 nitrogen and oxygen atoms in total. The Kier molecular flexibility index (Phi) is 2.57. The Morgan fingerprint density at radius 1 is 1.00 bits per heavy atom. The molecule has 2 amide bonds. The molecule has 0 aromatic heterocycles. The number of benzene rings is 1. The zero-order valence-corrected chi connectivity index (χ0v) is 12.4. The zero-order valence-electron chi connectivity index (χ0n) is 12.4. The van der Waals surface area contributed by atoms with E-state index in [0.29, 0.717) is 0 Å². The fourth-order valence-corrected chi connectivity index (χ4v) is 4.96. The summed E-state index contributed by atoms with van der Waals surface area (Å²) in [5.41, 5.74) is 2.01. The second-order valence-corrected chi connectivity index (χ2v) is 6.82. The average Bonchev–Trinajstić information content (AvgIpc) is 3.28. The van der Waals surface area contributed by atoms with Gasteiger partial charge < -0.3 is 4.84 Å². The fraction of sp³-hybridized carbons (Fsp3) is 0.389. The van der Waals surface area contributed by atoms with Gasteiger partial charge in [-0.2, -0.15) is 0 Å². The van der Waals surface area contributed by atoms with Crippen molar-refractivity contribution in [2.75, 3.05) is 0 Å². The van der Waals surface area contributed by atoms with Crippen LogP contribution >= 0.6 is 0 Å². The molecule has 2 heterocycles. The maximum absolute atomic E-state index is 12.1. The molecule has 1 aromatic carbocycles. The highest BCUT2D eigenvalue weighted by Gasteiger charge is 2.68. The number of oxime groups is 1. The molecule has 5 rings (SSSR count). The molecule has 0 unspecified atom stereocenters. The monoisotopic (exact) mass is 308 g/mol. The molecule has 116 valence electrons. The normalized spacial score (nSPS) is 40.1. The zero-order chi connectivity index (χ0) is 15.6. The molecule has 2 saturated carbocycles. The molecule has 2 aliphatic heterocycles. The van der Waals surface area contributed by atoms with Crippen molar-refractivity contribution in [1.82, 2.24) is 5.32 Å². The highest BCUT2D eigenvalue weighted by Crippen LogP contribution is 2.59. The number of hydrogen-bond donors (Lipinski definition) is 1. The number of carbonyl (C=O) groups excluding carboxylic acids is 2. The molecular formula is C18H16N2O3. The summed E-state index contributed by atoms with van der Waals surface area (Å²) in [6, 6.07) is 10.0. The topological polar surface area (TPSA) is 67.8 Å². The molecule has 0 radical (unpaired) electrons. The van der Waals surface area contributed by atoms with Crippen molar-refractivity contribution in [3.05, 3.63) is 42.0 Å². The number of nitrogens with one attached hydrogen (secondary N) is 1. The van der Waals surface area contributed by atoms with Crippen LogP contribution in [0, 0.1) is 29.6 Å². The molecule has 0 spiro atoms. The Morgan fingerprint density at radius 2 is 1.74 bits per heavy atom. The van der Waals surface area contributed by atoms with Crippen LogP contribution in [0.2, 0.25) is 0 Å². The summed E-state index contributed by atoms with van der Waals surface area (Å²) in [7, 11) is 0. The van der Waals surface area contributed by atoms with E-state index in [0.717, 1.165) is 17.7 Å². The van der Waals surface area contributed by atoms with Crippen LogP contribution in [0.3, 0.4) is 0 Å². The number of nitrogens with zero attached hydrogens (tertiary/aromatic N) is 1. The highest BCUT2D eigenvalue weighted by atomic mass is 16.6. The molecule has 2 aliphatic carbocycles. The van der Waals surface area contributed by atoms with Crippen LogP contribution in [0.15, 0.2) is 41.6 Å². The van der Waals surface area contributed by atoms with E-state index < -0.39 is 0 Å². The number of fused-ring (bicyclic) bond motifs is 8. The standard InChI is InChI=1S/C18H16N2O3/c21-17-14-10-8-11(15(14)18(22)19-17)16-13(10)12(20-23-16)7-6-9-4-2-1-3-5-9/h1-7,10-11,13-16H,8H2,(H,19,21,22)/b7-6+/t10-,11-,13-,14-,15+,16-/m1/s1. The van der Waals surface area contributed by atoms with Gasteiger partial charge in [-0.15, -0.1) is 0 Å². The van der Waals surface area contributed by atoms with Crippen molar-refractivity contribution in [2.45, 2.75) is 12.5 Å². The highest BCUT2D eigenvalue weighted by molar-refractivity contribution is 6.08. The van der Waals surface area contributed by atoms with Gasteiger partial charge in [0.1, 0.15) is 6.10 Å². The SMILES string of the molecule is O=C1NC(=O)[C@H]2[C@H]3C[C@@H]([C@@H]12)[C@@H]1C(/C=C/c2ccccc2)=NO[C@H]31. The van der Waals surface area contributed by atoms with Gasteiger partial charge in [0, 0.05) is 11.8 Å². The van der Waals surface area contributed by atoms with Gasteiger partial charge in [0.25, 0.3) is 0 Å². The van der Waals surface area contributed by atoms with E-state index in [-0.39, 0.29) is 47.5 Å². The van der Waals surface area contributed by atoms with E-state index >= 15 is 0 Å². The summed E-state index contributed by atoms with van der Waals surface area (Å²) >= 11 is 0. The van der Waals surface area contributed by atoms with Crippen molar-refractivity contribution < 1.29 is 14.4 Å². The molecule has 4 aliphatic rings. The maximum Gasteiger partial charge on any atom is 0.230 e. The Morgan fingerprint density at radius 3 is 2.52 bits per heavy atom. The van der Waals surface area contributed by atoms with Gasteiger partial charge in [0.15, 0.2) is 0 Å². The molecule has 3 fully saturated rings. The summed E-state index contributed by atoms with van der Waals surface area (Å²) in [6.07, 6.45) is 4.86. The second kappa shape index (κ2) is 4.54. The number of imide groups is 1. The van der Waals surface area contributed by atoms with E-state index in [9.17, 15) is 9.59 Å². The van der Waals surface area contributed by atoms with Crippen LogP contribution in [-0.2, 0) is 14.4 Å². The molecule has 1 aromatic rings. The van der Waals surface area contributed by atoms with Gasteiger partial charge in [0.2, 0.25) is 11.8 Å². The van der Waals surface area contributed by atoms with Crippen molar-refractivity contribution in [2.24, 2.45) is 34.7 Å². The van der Waals surface area contributed by atoms with Gasteiger partial charge >= 0.3 is 0 Å². The van der Waals surface area contributed by atoms with Gasteiger partial charge in [-0.1, -0.05) is 41.6 Å². The van der Waals surface area contributed by atoms with Crippen LogP contribution in [-0.4, -0.2) is 23.6 Å². The number of hydrogen-bond acceptors (Lipinski definition) is 4. The smallest absolute Gasteiger partial charge is 0.230 e. The minimum absolute atomic E-state index is 0.0478. The van der Waals surface area contributed by atoms with Crippen LogP contribution in [0.5, 0.6) is 0 Å². The first-order chi connectivity index (χ1) is 11.2. The first kappa shape index (κ1) is 13.0. The maximum atomic E-state index is 12.1. The number of carbonyl (C=O) groups is 2. The van der Waals surface area contributed by atoms with E-state index in [1.807, 2.05) is 42.5 Å². The van der Waals surface area contributed by atoms with Crippen molar-refractivity contribution in [1.29, 1.82) is 0 Å². The van der Waals surface area contributed by atoms with E-state index in [4.69, 9.17) is 4.84 Å². The lowest BCUT2D eigenvalue weighted by Crippen LogP contribution is -2.40. The minimum atomic E-state index is -0.207. The predicted octanol–water partition coefficient (Wildman–Crippen LogP) is 1.61. The summed E-state index contributed by atoms with van der Waals surface area (Å²) in [5.74, 6) is -0.201. The van der Waals surface area contributed by atoms with Crippen LogP contribution in [0.25, 0.3) is 6.08 Å². The third-order valence-electron chi connectivity index (χ3n) is 5.81. The van der Waals surface area contributed by atoms with Crippen LogP contribution in [0.1, 0.15) is 12.0 Å². The van der Waals surface area contributed by atoms with Gasteiger partial charge in [-0.25, -0.2) is 0 Å². The summed E-state index contributed by atoms with van der Waals surface area (Å²) < 4.78 is 0. The Balaban J connectivity index is 1.43. The van der Waals surface area contributed by atoms with E-state index in [1.165, 1.54) is 0 Å². The van der Waals surface area contributed by atoms with Gasteiger partial charge in [-0.3, -0.25) is 14.9 Å². The molecule has 6 atom stereocenters. The summed E-state index contributed by atoms with van der Waals surface area (Å²) in [4.78, 5) is 29.7. The fourth-order valence-electron chi connectivity index (χ4n) is 4.96. The quantitative estimate of drug-likeness (QED) is 0.844. The molecule has 5 heteroatoms. The van der Waals surface area contributed by atoms with Crippen LogP contribution < -0.4 is 5.32 Å². The first-order valence-corrected chi connectivity index (χ1v) is 8.05. The average molecular weight is 308 g/mol. The molecule has 1 N–H and O–H groups in total. The summed E-state index contributed by atoms with van der Waals surface area (Å²) in [6.45, 7) is 0. The molecule has 1 saturated heterocycles. The van der Waals surface area contributed by atoms with E-state index in [1.54, 1.807) is 0 Å². The van der Waals surface area contributed by atoms with Crippen molar-refractivity contribution in [3.63, 3.8) is 0 Å². The third kappa shape index (κ3) is 1.70. The largest absolute Gasteiger partial charge is 0.391 e. The predicted molar refractivity (Wildman–Crippen MR) is 83.0 cm³/mol. The third-order valence-corrected chi connectivity index (χ3v) is 5.81. The molecule has 23 heavy (non-hydrogen) atoms. The Hall–Kier alpha value is -2.43. The van der Waals surface area contributed by atoms with Crippen molar-refractivity contribution in [3.8, 4) is 0 Å². The number of rotatable bonds is 2. The lowest BCUT2D eigenvalue weighted by Gasteiger charge is -2.29. The molecule has 2 bridgehead atoms. The minimum Gasteiger partial charge on any atom is -0.391 e. The Labute approximate surface area is 133 Å². The van der Waals surface area contributed by atoms with Crippen molar-refractivity contribution >= 4 is 23.6 Å². The second-order valence-electron chi connectivity index (χ2n) is 6.82. The Bertz CT molecular complexity index is 755. The van der Waals surface area contributed by atoms with Crippen LogP contribution in [0.4, 0.5) is 0 Å². The summed E-state index contributed by atoms with van der Waals surface area (Å²) in [5, 5.41) is 6.73. The first-order valence-electron chi connectivity index (χ1n) is 8.05. The van der Waals surface area contributed by atoms with E-state index in [2.05, 4.69) is 10.5 Å². The van der Waals surface area contributed by atoms with Gasteiger partial charge in [0.05, 0.1) is 17.5 Å². The number of amides is 2. The molecular weight excluding hydrogens is 292 g/mol.